The molecule has 0 spiro atoms. The number of nitrogens with one attached hydrogen (secondary N) is 1. The Morgan fingerprint density at radius 2 is 0.951 bits per heavy atom. The van der Waals surface area contributed by atoms with E-state index in [1.165, 1.54) is 4.72 Å². The lowest BCUT2D eigenvalue weighted by Gasteiger charge is -2.30. The summed E-state index contributed by atoms with van der Waals surface area (Å²) in [6.07, 6.45) is 1.16. The Balaban J connectivity index is -0.000000594. The summed E-state index contributed by atoms with van der Waals surface area (Å²) >= 11 is 0. The second-order valence-corrected chi connectivity index (χ2v) is 12.1. The van der Waals surface area contributed by atoms with Crippen LogP contribution in [0.2, 0.25) is 0 Å². The number of nitrogens with two attached hydrogens (primary N) is 1. The Kier molecular flexibility index (Phi) is 16.8. The second kappa shape index (κ2) is 15.5. The predicted octanol–water partition coefficient (Wildman–Crippen LogP) is 3.81. The van der Waals surface area contributed by atoms with Crippen molar-refractivity contribution in [2.45, 2.75) is 60.9 Å². The molecule has 8 nitrogen and oxygen atoms in total. The molecule has 0 radical (unpaired) electrons. The Bertz CT molecular complexity index is 983. The average Bonchev–Trinajstić information content (AvgIpc) is 2.73. The SMILES string of the molecule is CC(F)(F)C(F)(F)C(F)(F)S(=O)(=O)F.CN(C)CCCN.CN(C)CCCNS(=O)(=O)C(F)(F)C(F)(F)C(C)(F)F. The van der Waals surface area contributed by atoms with Crippen LogP contribution in [0.15, 0.2) is 0 Å². The van der Waals surface area contributed by atoms with Gasteiger partial charge in [-0.15, -0.1) is 0 Å². The van der Waals surface area contributed by atoms with Crippen molar-refractivity contribution in [3.63, 3.8) is 0 Å². The first-order valence-corrected chi connectivity index (χ1v) is 13.8. The molecule has 0 saturated carbocycles. The van der Waals surface area contributed by atoms with Crippen LogP contribution in [0.3, 0.4) is 0 Å². The minimum absolute atomic E-state index is 0.0520. The summed E-state index contributed by atoms with van der Waals surface area (Å²) in [4.78, 5) is 3.73. The van der Waals surface area contributed by atoms with Crippen molar-refractivity contribution in [1.29, 1.82) is 0 Å². The van der Waals surface area contributed by atoms with E-state index in [4.69, 9.17) is 5.73 Å². The van der Waals surface area contributed by atoms with Gasteiger partial charge in [0.1, 0.15) is 0 Å². The Labute approximate surface area is 229 Å². The fourth-order valence-corrected chi connectivity index (χ4v) is 3.53. The molecular formula is C18H33F13N4O4S2. The highest BCUT2D eigenvalue weighted by Gasteiger charge is 2.76. The average molecular weight is 681 g/mol. The van der Waals surface area contributed by atoms with Crippen LogP contribution in [-0.2, 0) is 20.2 Å². The Morgan fingerprint density at radius 3 is 1.17 bits per heavy atom. The standard InChI is InChI=1S/C9H16F6N2O2S.C5H14N2.C4H3F7O2S/c1-7(10,11)8(12,13)9(14,15)20(18,19)16-5-4-6-17(2)3;1-7(2)5-3-4-6;1-2(5,6)3(7,8)4(9,10)14(11,12)13/h16H,4-6H2,1-3H3;3-6H2,1-2H3;1H3. The maximum absolute atomic E-state index is 13.2. The Morgan fingerprint density at radius 1 is 0.634 bits per heavy atom. The molecule has 0 heterocycles. The number of rotatable bonds is 14. The number of alkyl halides is 12. The maximum Gasteiger partial charge on any atom is 0.442 e. The van der Waals surface area contributed by atoms with Gasteiger partial charge in [0.25, 0.3) is 10.0 Å². The number of nitrogens with zero attached hydrogens (tertiary/aromatic N) is 2. The van der Waals surface area contributed by atoms with Gasteiger partial charge in [0.05, 0.1) is 0 Å². The molecule has 0 aliphatic carbocycles. The molecule has 0 aromatic carbocycles. The molecule has 0 atom stereocenters. The van der Waals surface area contributed by atoms with E-state index < -0.39 is 74.8 Å². The summed E-state index contributed by atoms with van der Waals surface area (Å²) in [7, 11) is -5.69. The van der Waals surface area contributed by atoms with E-state index in [1.807, 2.05) is 0 Å². The minimum atomic E-state index is -7.11. The van der Waals surface area contributed by atoms with Crippen molar-refractivity contribution in [1.82, 2.24) is 14.5 Å². The molecule has 0 bridgehead atoms. The van der Waals surface area contributed by atoms with E-state index in [2.05, 4.69) is 19.0 Å². The van der Waals surface area contributed by atoms with Gasteiger partial charge >= 0.3 is 44.4 Å². The lowest BCUT2D eigenvalue weighted by Crippen LogP contribution is -2.59. The summed E-state index contributed by atoms with van der Waals surface area (Å²) in [5, 5.41) is -12.4. The summed E-state index contributed by atoms with van der Waals surface area (Å²) in [5.74, 6) is -22.9. The van der Waals surface area contributed by atoms with Crippen molar-refractivity contribution in [3.05, 3.63) is 0 Å². The molecule has 0 amide bonds. The van der Waals surface area contributed by atoms with Crippen molar-refractivity contribution < 1.29 is 73.4 Å². The van der Waals surface area contributed by atoms with Gasteiger partial charge in [-0.1, -0.05) is 3.89 Å². The quantitative estimate of drug-likeness (QED) is 0.163. The van der Waals surface area contributed by atoms with Gasteiger partial charge in [-0.2, -0.15) is 61.1 Å². The Hall–Kier alpha value is -1.17. The van der Waals surface area contributed by atoms with Gasteiger partial charge in [0.2, 0.25) is 0 Å². The van der Waals surface area contributed by atoms with Crippen molar-refractivity contribution in [2.75, 3.05) is 54.4 Å². The van der Waals surface area contributed by atoms with Crippen LogP contribution in [0, 0.1) is 0 Å². The maximum atomic E-state index is 13.2. The highest BCUT2D eigenvalue weighted by atomic mass is 32.3. The lowest BCUT2D eigenvalue weighted by atomic mass is 10.2. The zero-order chi connectivity index (χ0) is 34.1. The summed E-state index contributed by atoms with van der Waals surface area (Å²) < 4.78 is 203. The van der Waals surface area contributed by atoms with Gasteiger partial charge in [0, 0.05) is 20.4 Å². The molecule has 0 unspecified atom stereocenters. The molecule has 3 N–H and O–H groups in total. The van der Waals surface area contributed by atoms with Crippen LogP contribution in [0.4, 0.5) is 56.6 Å². The number of hydrogen-bond acceptors (Lipinski definition) is 7. The van der Waals surface area contributed by atoms with E-state index in [0.717, 1.165) is 19.5 Å². The van der Waals surface area contributed by atoms with Crippen molar-refractivity contribution >= 4 is 20.2 Å². The zero-order valence-corrected chi connectivity index (χ0v) is 24.2. The van der Waals surface area contributed by atoms with Gasteiger partial charge < -0.3 is 15.5 Å². The van der Waals surface area contributed by atoms with Gasteiger partial charge in [0.15, 0.2) is 0 Å². The smallest absolute Gasteiger partial charge is 0.330 e. The van der Waals surface area contributed by atoms with Crippen LogP contribution in [0.25, 0.3) is 0 Å². The van der Waals surface area contributed by atoms with E-state index in [-0.39, 0.29) is 6.42 Å². The number of sulfonamides is 1. The molecular weight excluding hydrogens is 647 g/mol. The monoisotopic (exact) mass is 680 g/mol. The molecule has 0 saturated heterocycles. The zero-order valence-electron chi connectivity index (χ0n) is 22.6. The summed E-state index contributed by atoms with van der Waals surface area (Å²) in [6, 6.07) is 0. The third kappa shape index (κ3) is 12.5. The predicted molar refractivity (Wildman–Crippen MR) is 123 cm³/mol. The first-order chi connectivity index (χ1) is 17.7. The van der Waals surface area contributed by atoms with Crippen molar-refractivity contribution in [2.24, 2.45) is 5.73 Å². The van der Waals surface area contributed by atoms with Crippen LogP contribution in [0.5, 0.6) is 0 Å². The van der Waals surface area contributed by atoms with Crippen LogP contribution in [0.1, 0.15) is 26.7 Å². The molecule has 0 aromatic rings. The number of halogens is 13. The van der Waals surface area contributed by atoms with Gasteiger partial charge in [-0.05, 0) is 60.7 Å². The minimum Gasteiger partial charge on any atom is -0.330 e. The lowest BCUT2D eigenvalue weighted by molar-refractivity contribution is -0.272. The van der Waals surface area contributed by atoms with Crippen LogP contribution >= 0.6 is 0 Å². The highest BCUT2D eigenvalue weighted by Crippen LogP contribution is 2.49. The molecule has 41 heavy (non-hydrogen) atoms. The van der Waals surface area contributed by atoms with Gasteiger partial charge in [-0.25, -0.2) is 13.1 Å². The summed E-state index contributed by atoms with van der Waals surface area (Å²) in [5.41, 5.74) is 5.25. The van der Waals surface area contributed by atoms with E-state index >= 15 is 0 Å². The van der Waals surface area contributed by atoms with E-state index in [0.29, 0.717) is 6.54 Å². The fraction of sp³-hybridized carbons (Fsp3) is 1.00. The van der Waals surface area contributed by atoms with Gasteiger partial charge in [-0.3, -0.25) is 0 Å². The molecule has 0 aliphatic heterocycles. The van der Waals surface area contributed by atoms with Crippen molar-refractivity contribution in [3.8, 4) is 0 Å². The van der Waals surface area contributed by atoms with Crippen LogP contribution < -0.4 is 10.5 Å². The largest absolute Gasteiger partial charge is 0.442 e. The topological polar surface area (TPSA) is 113 Å². The molecule has 0 rings (SSSR count). The van der Waals surface area contributed by atoms with E-state index in [1.54, 1.807) is 19.0 Å². The fourth-order valence-electron chi connectivity index (χ4n) is 1.93. The normalized spacial score (nSPS) is 14.4. The summed E-state index contributed by atoms with van der Waals surface area (Å²) in [6.45, 7) is 0.527. The number of hydrogen-bond donors (Lipinski definition) is 2. The highest BCUT2D eigenvalue weighted by molar-refractivity contribution is 7.90. The molecule has 0 aromatic heterocycles. The second-order valence-electron chi connectivity index (χ2n) is 8.90. The molecule has 0 aliphatic rings. The van der Waals surface area contributed by atoms with E-state index in [9.17, 15) is 73.4 Å². The third-order valence-corrected chi connectivity index (χ3v) is 6.75. The molecule has 23 heteroatoms. The molecule has 0 fully saturated rings. The first-order valence-electron chi connectivity index (χ1n) is 10.9. The molecule has 252 valence electrons. The first kappa shape index (κ1) is 44.3. The third-order valence-electron chi connectivity index (χ3n) is 4.36. The van der Waals surface area contributed by atoms with Crippen LogP contribution in [-0.4, -0.2) is 115 Å².